The van der Waals surface area contributed by atoms with Gasteiger partial charge in [-0.3, -0.25) is 4.79 Å². The molecule has 0 spiro atoms. The van der Waals surface area contributed by atoms with Gasteiger partial charge < -0.3 is 11.5 Å². The minimum atomic E-state index is -0.635. The zero-order valence-corrected chi connectivity index (χ0v) is 11.4. The smallest absolute Gasteiger partial charge is 0.217 e. The molecule has 0 saturated heterocycles. The molecule has 1 aromatic carbocycles. The minimum Gasteiger partial charge on any atom is -0.370 e. The van der Waals surface area contributed by atoms with Crippen molar-refractivity contribution in [2.24, 2.45) is 16.9 Å². The standard InChI is InChI=1S/C15H20F2N2O/c16-10-3-4-11(12(17)7-10)13(18)8-15(9-14(19)20)5-1-2-6-15/h3-4,7,13H,1-2,5-6,8-9,18H2,(H2,19,20). The SMILES string of the molecule is NC(=O)CC1(CC(N)c2ccc(F)cc2F)CCCC1. The lowest BCUT2D eigenvalue weighted by Crippen LogP contribution is -2.30. The topological polar surface area (TPSA) is 69.1 Å². The fourth-order valence-corrected chi connectivity index (χ4v) is 3.33. The average Bonchev–Trinajstić information content (AvgIpc) is 2.75. The van der Waals surface area contributed by atoms with E-state index in [1.807, 2.05) is 0 Å². The highest BCUT2D eigenvalue weighted by molar-refractivity contribution is 5.74. The van der Waals surface area contributed by atoms with Crippen LogP contribution in [0, 0.1) is 17.0 Å². The Hall–Kier alpha value is -1.49. The summed E-state index contributed by atoms with van der Waals surface area (Å²) in [5, 5.41) is 0. The predicted octanol–water partition coefficient (Wildman–Crippen LogP) is 2.79. The van der Waals surface area contributed by atoms with Crippen molar-refractivity contribution in [2.45, 2.75) is 44.6 Å². The molecule has 2 rings (SSSR count). The summed E-state index contributed by atoms with van der Waals surface area (Å²) < 4.78 is 26.7. The van der Waals surface area contributed by atoms with Gasteiger partial charge in [-0.1, -0.05) is 18.9 Å². The quantitative estimate of drug-likeness (QED) is 0.872. The van der Waals surface area contributed by atoms with Crippen LogP contribution in [0.3, 0.4) is 0 Å². The molecule has 1 unspecified atom stereocenters. The van der Waals surface area contributed by atoms with Crippen LogP contribution in [-0.4, -0.2) is 5.91 Å². The lowest BCUT2D eigenvalue weighted by Gasteiger charge is -2.31. The van der Waals surface area contributed by atoms with E-state index in [2.05, 4.69) is 0 Å². The summed E-state index contributed by atoms with van der Waals surface area (Å²) in [6.45, 7) is 0. The molecular formula is C15H20F2N2O. The number of rotatable bonds is 5. The van der Waals surface area contributed by atoms with Crippen molar-refractivity contribution in [3.8, 4) is 0 Å². The van der Waals surface area contributed by atoms with Crippen LogP contribution in [0.5, 0.6) is 0 Å². The van der Waals surface area contributed by atoms with Gasteiger partial charge in [0.1, 0.15) is 11.6 Å². The first kappa shape index (κ1) is 14.9. The summed E-state index contributed by atoms with van der Waals surface area (Å²) in [5.74, 6) is -1.60. The summed E-state index contributed by atoms with van der Waals surface area (Å²) in [6.07, 6.45) is 4.61. The molecule has 0 bridgehead atoms. The van der Waals surface area contributed by atoms with Gasteiger partial charge in [-0.05, 0) is 30.7 Å². The Morgan fingerprint density at radius 2 is 1.95 bits per heavy atom. The van der Waals surface area contributed by atoms with Crippen LogP contribution >= 0.6 is 0 Å². The Morgan fingerprint density at radius 3 is 2.50 bits per heavy atom. The highest BCUT2D eigenvalue weighted by atomic mass is 19.1. The van der Waals surface area contributed by atoms with Crippen LogP contribution < -0.4 is 11.5 Å². The second-order valence-corrected chi connectivity index (χ2v) is 5.83. The average molecular weight is 282 g/mol. The van der Waals surface area contributed by atoms with Crippen molar-refractivity contribution >= 4 is 5.91 Å². The third kappa shape index (κ3) is 3.33. The van der Waals surface area contributed by atoms with Gasteiger partial charge in [0, 0.05) is 24.1 Å². The zero-order valence-electron chi connectivity index (χ0n) is 11.4. The molecule has 0 aromatic heterocycles. The second kappa shape index (κ2) is 5.87. The Morgan fingerprint density at radius 1 is 1.30 bits per heavy atom. The number of amides is 1. The van der Waals surface area contributed by atoms with E-state index in [9.17, 15) is 13.6 Å². The number of hydrogen-bond acceptors (Lipinski definition) is 2. The van der Waals surface area contributed by atoms with Crippen LogP contribution in [0.4, 0.5) is 8.78 Å². The maximum atomic E-state index is 13.8. The van der Waals surface area contributed by atoms with Gasteiger partial charge in [0.2, 0.25) is 5.91 Å². The molecule has 1 amide bonds. The van der Waals surface area contributed by atoms with E-state index in [0.29, 0.717) is 12.0 Å². The number of hydrogen-bond donors (Lipinski definition) is 2. The van der Waals surface area contributed by atoms with Gasteiger partial charge in [-0.25, -0.2) is 8.78 Å². The number of primary amides is 1. The van der Waals surface area contributed by atoms with Crippen molar-refractivity contribution in [1.29, 1.82) is 0 Å². The molecule has 20 heavy (non-hydrogen) atoms. The van der Waals surface area contributed by atoms with Crippen molar-refractivity contribution in [1.82, 2.24) is 0 Å². The molecule has 1 aliphatic rings. The van der Waals surface area contributed by atoms with E-state index in [1.165, 1.54) is 12.1 Å². The van der Waals surface area contributed by atoms with Crippen molar-refractivity contribution in [2.75, 3.05) is 0 Å². The van der Waals surface area contributed by atoms with E-state index in [4.69, 9.17) is 11.5 Å². The molecule has 1 aromatic rings. The summed E-state index contributed by atoms with van der Waals surface area (Å²) in [5.41, 5.74) is 11.5. The molecular weight excluding hydrogens is 262 g/mol. The third-order valence-electron chi connectivity index (χ3n) is 4.23. The lowest BCUT2D eigenvalue weighted by molar-refractivity contribution is -0.120. The molecule has 0 heterocycles. The fraction of sp³-hybridized carbons (Fsp3) is 0.533. The summed E-state index contributed by atoms with van der Waals surface area (Å²) >= 11 is 0. The van der Waals surface area contributed by atoms with Crippen LogP contribution in [0.2, 0.25) is 0 Å². The number of halogens is 2. The molecule has 1 atom stereocenters. The number of nitrogens with two attached hydrogens (primary N) is 2. The number of benzene rings is 1. The Kier molecular flexibility index (Phi) is 4.38. The van der Waals surface area contributed by atoms with Gasteiger partial charge in [-0.15, -0.1) is 0 Å². The van der Waals surface area contributed by atoms with Gasteiger partial charge in [0.05, 0.1) is 0 Å². The molecule has 0 radical (unpaired) electrons. The molecule has 1 fully saturated rings. The van der Waals surface area contributed by atoms with Crippen LogP contribution in [-0.2, 0) is 4.79 Å². The van der Waals surface area contributed by atoms with Crippen molar-refractivity contribution in [3.05, 3.63) is 35.4 Å². The summed E-state index contributed by atoms with van der Waals surface area (Å²) in [7, 11) is 0. The number of carbonyl (C=O) groups excluding carboxylic acids is 1. The van der Waals surface area contributed by atoms with Gasteiger partial charge in [0.15, 0.2) is 0 Å². The molecule has 0 aliphatic heterocycles. The largest absolute Gasteiger partial charge is 0.370 e. The van der Waals surface area contributed by atoms with E-state index < -0.39 is 17.7 Å². The predicted molar refractivity (Wildman–Crippen MR) is 72.6 cm³/mol. The highest BCUT2D eigenvalue weighted by Gasteiger charge is 2.37. The van der Waals surface area contributed by atoms with Gasteiger partial charge in [0.25, 0.3) is 0 Å². The van der Waals surface area contributed by atoms with E-state index in [0.717, 1.165) is 31.7 Å². The van der Waals surface area contributed by atoms with E-state index in [1.54, 1.807) is 0 Å². The second-order valence-electron chi connectivity index (χ2n) is 5.83. The maximum Gasteiger partial charge on any atom is 0.217 e. The molecule has 110 valence electrons. The third-order valence-corrected chi connectivity index (χ3v) is 4.23. The number of carbonyl (C=O) groups is 1. The Labute approximate surface area is 117 Å². The van der Waals surface area contributed by atoms with Crippen LogP contribution in [0.25, 0.3) is 0 Å². The van der Waals surface area contributed by atoms with Crippen LogP contribution in [0.1, 0.15) is 50.1 Å². The first-order valence-electron chi connectivity index (χ1n) is 6.91. The Bertz CT molecular complexity index is 499. The molecule has 3 nitrogen and oxygen atoms in total. The molecule has 1 aliphatic carbocycles. The molecule has 5 heteroatoms. The molecule has 1 saturated carbocycles. The highest BCUT2D eigenvalue weighted by Crippen LogP contribution is 2.46. The van der Waals surface area contributed by atoms with Crippen molar-refractivity contribution < 1.29 is 13.6 Å². The van der Waals surface area contributed by atoms with Crippen molar-refractivity contribution in [3.63, 3.8) is 0 Å². The Balaban J connectivity index is 2.16. The zero-order chi connectivity index (χ0) is 14.8. The van der Waals surface area contributed by atoms with Crippen LogP contribution in [0.15, 0.2) is 18.2 Å². The van der Waals surface area contributed by atoms with Gasteiger partial charge in [-0.2, -0.15) is 0 Å². The normalized spacial score (nSPS) is 18.9. The lowest BCUT2D eigenvalue weighted by atomic mass is 9.76. The summed E-state index contributed by atoms with van der Waals surface area (Å²) in [6, 6.07) is 2.87. The monoisotopic (exact) mass is 282 g/mol. The molecule has 4 N–H and O–H groups in total. The first-order valence-corrected chi connectivity index (χ1v) is 6.91. The first-order chi connectivity index (χ1) is 9.42. The summed E-state index contributed by atoms with van der Waals surface area (Å²) in [4.78, 5) is 11.2. The maximum absolute atomic E-state index is 13.8. The van der Waals surface area contributed by atoms with Gasteiger partial charge >= 0.3 is 0 Å². The minimum absolute atomic E-state index is 0.230. The van der Waals surface area contributed by atoms with E-state index in [-0.39, 0.29) is 17.7 Å². The van der Waals surface area contributed by atoms with E-state index >= 15 is 0 Å². The fourth-order valence-electron chi connectivity index (χ4n) is 3.33.